The summed E-state index contributed by atoms with van der Waals surface area (Å²) in [6.45, 7) is 0. The van der Waals surface area contributed by atoms with Crippen molar-refractivity contribution in [2.24, 2.45) is 0 Å². The summed E-state index contributed by atoms with van der Waals surface area (Å²) in [5.74, 6) is 0.399. The van der Waals surface area contributed by atoms with Crippen LogP contribution in [0.3, 0.4) is 0 Å². The number of fused-ring (bicyclic) bond motifs is 1. The number of hydrogen-bond acceptors (Lipinski definition) is 4. The van der Waals surface area contributed by atoms with Crippen molar-refractivity contribution in [1.82, 2.24) is 14.9 Å². The highest BCUT2D eigenvalue weighted by molar-refractivity contribution is 6.30. The van der Waals surface area contributed by atoms with Gasteiger partial charge in [-0.25, -0.2) is 4.98 Å². The second-order valence-electron chi connectivity index (χ2n) is 4.77. The second kappa shape index (κ2) is 5.18. The van der Waals surface area contributed by atoms with Crippen LogP contribution in [0.2, 0.25) is 5.02 Å². The van der Waals surface area contributed by atoms with Gasteiger partial charge in [0.15, 0.2) is 11.2 Å². The third-order valence-electron chi connectivity index (χ3n) is 3.00. The third-order valence-corrected chi connectivity index (χ3v) is 3.21. The Balaban J connectivity index is 1.97. The number of hydrogen-bond donors (Lipinski definition) is 0. The number of carbonyl (C=O) groups excluding carboxylic acids is 1. The van der Waals surface area contributed by atoms with Crippen LogP contribution in [-0.2, 0) is 0 Å². The van der Waals surface area contributed by atoms with Gasteiger partial charge in [-0.15, -0.1) is 0 Å². The molecule has 1 aromatic carbocycles. The summed E-state index contributed by atoms with van der Waals surface area (Å²) >= 11 is 5.87. The highest BCUT2D eigenvalue weighted by Crippen LogP contribution is 2.25. The maximum atomic E-state index is 11.8. The van der Waals surface area contributed by atoms with E-state index in [1.165, 1.54) is 11.1 Å². The van der Waals surface area contributed by atoms with E-state index in [1.807, 2.05) is 0 Å². The lowest BCUT2D eigenvalue weighted by Gasteiger charge is -2.09. The second-order valence-corrected chi connectivity index (χ2v) is 5.21. The van der Waals surface area contributed by atoms with E-state index in [2.05, 4.69) is 9.97 Å². The van der Waals surface area contributed by atoms with Crippen molar-refractivity contribution in [2.75, 3.05) is 14.1 Å². The molecule has 106 valence electrons. The largest absolute Gasteiger partial charge is 0.434 e. The highest BCUT2D eigenvalue weighted by atomic mass is 35.5. The molecule has 3 aromatic rings. The van der Waals surface area contributed by atoms with Crippen LogP contribution in [0.1, 0.15) is 10.4 Å². The number of nitrogens with zero attached hydrogens (tertiary/aromatic N) is 3. The maximum Gasteiger partial charge on any atom is 0.253 e. The average Bonchev–Trinajstić information content (AvgIpc) is 2.89. The van der Waals surface area contributed by atoms with Gasteiger partial charge in [-0.3, -0.25) is 4.79 Å². The topological polar surface area (TPSA) is 59.2 Å². The fourth-order valence-corrected chi connectivity index (χ4v) is 2.08. The molecule has 0 saturated carbocycles. The number of carbonyl (C=O) groups is 1. The summed E-state index contributed by atoms with van der Waals surface area (Å²) < 4.78 is 5.63. The van der Waals surface area contributed by atoms with Crippen LogP contribution in [0.25, 0.3) is 22.7 Å². The van der Waals surface area contributed by atoms with Gasteiger partial charge in [0.25, 0.3) is 5.91 Å². The van der Waals surface area contributed by atoms with Crippen LogP contribution in [0.15, 0.2) is 40.9 Å². The minimum Gasteiger partial charge on any atom is -0.434 e. The SMILES string of the molecule is CN(C)C(=O)c1ccc(-c2nc3ncc(Cl)cc3o2)cc1. The zero-order chi connectivity index (χ0) is 15.0. The maximum absolute atomic E-state index is 11.8. The van der Waals surface area contributed by atoms with E-state index in [-0.39, 0.29) is 5.91 Å². The molecule has 5 nitrogen and oxygen atoms in total. The number of oxazole rings is 1. The first-order valence-electron chi connectivity index (χ1n) is 6.29. The van der Waals surface area contributed by atoms with Gasteiger partial charge in [-0.2, -0.15) is 4.98 Å². The fraction of sp³-hybridized carbons (Fsp3) is 0.133. The molecule has 2 aromatic heterocycles. The first kappa shape index (κ1) is 13.6. The van der Waals surface area contributed by atoms with Gasteiger partial charge in [-0.1, -0.05) is 11.6 Å². The van der Waals surface area contributed by atoms with Crippen molar-refractivity contribution in [1.29, 1.82) is 0 Å². The van der Waals surface area contributed by atoms with Crippen molar-refractivity contribution >= 4 is 28.7 Å². The van der Waals surface area contributed by atoms with Crippen LogP contribution in [0, 0.1) is 0 Å². The molecule has 0 bridgehead atoms. The zero-order valence-corrected chi connectivity index (χ0v) is 12.3. The Morgan fingerprint density at radius 1 is 1.24 bits per heavy atom. The number of rotatable bonds is 2. The zero-order valence-electron chi connectivity index (χ0n) is 11.5. The van der Waals surface area contributed by atoms with E-state index in [0.717, 1.165) is 5.56 Å². The molecule has 0 N–H and O–H groups in total. The molecular formula is C15H12ClN3O2. The van der Waals surface area contributed by atoms with Crippen LogP contribution >= 0.6 is 11.6 Å². The molecule has 0 fully saturated rings. The normalized spacial score (nSPS) is 10.8. The molecule has 0 radical (unpaired) electrons. The Morgan fingerprint density at radius 3 is 2.62 bits per heavy atom. The van der Waals surface area contributed by atoms with E-state index >= 15 is 0 Å². The van der Waals surface area contributed by atoms with E-state index in [1.54, 1.807) is 44.4 Å². The smallest absolute Gasteiger partial charge is 0.253 e. The molecule has 6 heteroatoms. The van der Waals surface area contributed by atoms with Crippen molar-refractivity contribution in [3.8, 4) is 11.5 Å². The first-order chi connectivity index (χ1) is 10.0. The minimum atomic E-state index is -0.0486. The van der Waals surface area contributed by atoms with Crippen LogP contribution in [-0.4, -0.2) is 34.9 Å². The molecule has 1 amide bonds. The molecule has 0 aliphatic carbocycles. The van der Waals surface area contributed by atoms with Gasteiger partial charge in [0.2, 0.25) is 5.89 Å². The predicted octanol–water partition coefficient (Wildman–Crippen LogP) is 3.25. The number of aromatic nitrogens is 2. The summed E-state index contributed by atoms with van der Waals surface area (Å²) in [5.41, 5.74) is 2.43. The fourth-order valence-electron chi connectivity index (χ4n) is 1.93. The summed E-state index contributed by atoms with van der Waals surface area (Å²) in [7, 11) is 3.43. The van der Waals surface area contributed by atoms with Gasteiger partial charge in [0, 0.05) is 37.5 Å². The van der Waals surface area contributed by atoms with Gasteiger partial charge in [-0.05, 0) is 24.3 Å². The number of benzene rings is 1. The summed E-state index contributed by atoms with van der Waals surface area (Å²) in [6.07, 6.45) is 1.52. The number of pyridine rings is 1. The molecule has 0 unspecified atom stereocenters. The lowest BCUT2D eigenvalue weighted by molar-refractivity contribution is 0.0827. The van der Waals surface area contributed by atoms with Gasteiger partial charge in [0.05, 0.1) is 5.02 Å². The van der Waals surface area contributed by atoms with Gasteiger partial charge < -0.3 is 9.32 Å². The average molecular weight is 302 g/mol. The molecular weight excluding hydrogens is 290 g/mol. The number of amides is 1. The van der Waals surface area contributed by atoms with E-state index in [9.17, 15) is 4.79 Å². The first-order valence-corrected chi connectivity index (χ1v) is 6.66. The Hall–Kier alpha value is -2.40. The molecule has 0 atom stereocenters. The van der Waals surface area contributed by atoms with Gasteiger partial charge in [0.1, 0.15) is 0 Å². The van der Waals surface area contributed by atoms with Crippen LogP contribution in [0.5, 0.6) is 0 Å². The lowest BCUT2D eigenvalue weighted by Crippen LogP contribution is -2.21. The Morgan fingerprint density at radius 2 is 1.95 bits per heavy atom. The van der Waals surface area contributed by atoms with Gasteiger partial charge >= 0.3 is 0 Å². The Labute approximate surface area is 126 Å². The molecule has 0 aliphatic heterocycles. The minimum absolute atomic E-state index is 0.0486. The molecule has 2 heterocycles. The lowest BCUT2D eigenvalue weighted by atomic mass is 10.1. The predicted molar refractivity (Wildman–Crippen MR) is 80.3 cm³/mol. The summed E-state index contributed by atoms with van der Waals surface area (Å²) in [6, 6.07) is 8.75. The van der Waals surface area contributed by atoms with Crippen molar-refractivity contribution in [2.45, 2.75) is 0 Å². The molecule has 3 rings (SSSR count). The highest BCUT2D eigenvalue weighted by Gasteiger charge is 2.12. The molecule has 0 aliphatic rings. The molecule has 0 saturated heterocycles. The monoisotopic (exact) mass is 301 g/mol. The van der Waals surface area contributed by atoms with Crippen molar-refractivity contribution < 1.29 is 9.21 Å². The van der Waals surface area contributed by atoms with Crippen molar-refractivity contribution in [3.05, 3.63) is 47.1 Å². The summed E-state index contributed by atoms with van der Waals surface area (Å²) in [4.78, 5) is 21.8. The standard InChI is InChI=1S/C15H12ClN3O2/c1-19(2)15(20)10-5-3-9(4-6-10)14-18-13-12(21-14)7-11(16)8-17-13/h3-8H,1-2H3. The molecule has 21 heavy (non-hydrogen) atoms. The Bertz CT molecular complexity index is 809. The Kier molecular flexibility index (Phi) is 3.35. The van der Waals surface area contributed by atoms with Crippen LogP contribution < -0.4 is 0 Å². The third kappa shape index (κ3) is 2.60. The van der Waals surface area contributed by atoms with E-state index < -0.39 is 0 Å². The van der Waals surface area contributed by atoms with E-state index in [4.69, 9.17) is 16.0 Å². The summed E-state index contributed by atoms with van der Waals surface area (Å²) in [5, 5.41) is 0.497. The van der Waals surface area contributed by atoms with Crippen LogP contribution in [0.4, 0.5) is 0 Å². The quantitative estimate of drug-likeness (QED) is 0.729. The van der Waals surface area contributed by atoms with Crippen molar-refractivity contribution in [3.63, 3.8) is 0 Å². The van der Waals surface area contributed by atoms with E-state index in [0.29, 0.717) is 27.7 Å². The molecule has 0 spiro atoms. The number of halogens is 1.